The number of hydrogen-bond donors (Lipinski definition) is 0. The Labute approximate surface area is 336 Å². The second kappa shape index (κ2) is 37.7. The van der Waals surface area contributed by atoms with Crippen LogP contribution in [-0.4, -0.2) is 75.5 Å². The molecule has 0 radical (unpaired) electrons. The molecule has 0 heterocycles. The fourth-order valence-electron chi connectivity index (χ4n) is 5.75. The number of quaternary nitrogens is 1. The van der Waals surface area contributed by atoms with Crippen LogP contribution in [0.15, 0.2) is 72.9 Å². The van der Waals surface area contributed by atoms with Crippen molar-refractivity contribution in [1.82, 2.24) is 0 Å². The van der Waals surface area contributed by atoms with E-state index in [9.17, 15) is 19.5 Å². The lowest BCUT2D eigenvalue weighted by Crippen LogP contribution is -2.55. The number of esters is 2. The van der Waals surface area contributed by atoms with Crippen molar-refractivity contribution in [2.45, 2.75) is 167 Å². The summed E-state index contributed by atoms with van der Waals surface area (Å²) >= 11 is 0. The molecule has 0 bridgehead atoms. The molecule has 0 saturated carbocycles. The summed E-state index contributed by atoms with van der Waals surface area (Å²) in [6.45, 7) is 4.44. The molecule has 0 fully saturated rings. The number of ether oxygens (including phenoxy) is 3. The number of carboxylic acids is 1. The summed E-state index contributed by atoms with van der Waals surface area (Å²) in [5.74, 6) is -1.81. The summed E-state index contributed by atoms with van der Waals surface area (Å²) in [6, 6.07) is -0.734. The summed E-state index contributed by atoms with van der Waals surface area (Å²) < 4.78 is 17.1. The number of carbonyl (C=O) groups excluding carboxylic acids is 3. The molecule has 0 spiro atoms. The first-order valence-corrected chi connectivity index (χ1v) is 21.5. The first-order chi connectivity index (χ1) is 26.6. The maximum atomic E-state index is 12.7. The largest absolute Gasteiger partial charge is 0.544 e. The summed E-state index contributed by atoms with van der Waals surface area (Å²) in [7, 11) is 5.38. The van der Waals surface area contributed by atoms with Gasteiger partial charge < -0.3 is 28.6 Å². The summed E-state index contributed by atoms with van der Waals surface area (Å²) in [5.41, 5.74) is 0. The van der Waals surface area contributed by atoms with E-state index in [2.05, 4.69) is 86.8 Å². The predicted molar refractivity (Wildman–Crippen MR) is 226 cm³/mol. The molecule has 0 saturated heterocycles. The van der Waals surface area contributed by atoms with Crippen molar-refractivity contribution in [3.8, 4) is 0 Å². The van der Waals surface area contributed by atoms with Crippen LogP contribution in [0.1, 0.15) is 155 Å². The van der Waals surface area contributed by atoms with E-state index in [0.717, 1.165) is 77.0 Å². The molecule has 55 heavy (non-hydrogen) atoms. The first kappa shape index (κ1) is 51.8. The Bertz CT molecular complexity index is 1130. The Kier molecular flexibility index (Phi) is 35.5. The standard InChI is InChI=1S/C47H79NO7/c1-6-8-10-12-14-16-17-18-19-20-21-22-23-24-25-26-27-28-30-32-34-36-38-46(50)55-43(41-53-40-39-44(47(51)52)48(3,4)5)42-54-45(49)37-35-33-31-29-15-13-11-9-7-2/h8,10,14,16,18-19,21-22,24-25,29,31,43-44H,6-7,9,11-13,15,17,20,23,26-28,30,32-42H2,1-5H3/b10-8+,16-14+,19-18+,22-21+,25-24+,31-29+. The lowest BCUT2D eigenvalue weighted by molar-refractivity contribution is -0.889. The molecule has 0 aliphatic rings. The zero-order chi connectivity index (χ0) is 40.7. The highest BCUT2D eigenvalue weighted by Crippen LogP contribution is 2.12. The van der Waals surface area contributed by atoms with E-state index in [1.165, 1.54) is 38.5 Å². The lowest BCUT2D eigenvalue weighted by atomic mass is 10.1. The molecule has 0 aromatic carbocycles. The Morgan fingerprint density at radius 1 is 0.564 bits per heavy atom. The minimum absolute atomic E-state index is 0.0224. The van der Waals surface area contributed by atoms with Crippen LogP contribution in [0.4, 0.5) is 0 Å². The van der Waals surface area contributed by atoms with Gasteiger partial charge in [0, 0.05) is 19.3 Å². The molecule has 0 aliphatic heterocycles. The molecule has 0 amide bonds. The van der Waals surface area contributed by atoms with Gasteiger partial charge in [0.1, 0.15) is 12.6 Å². The van der Waals surface area contributed by atoms with Crippen molar-refractivity contribution < 1.29 is 38.2 Å². The van der Waals surface area contributed by atoms with Gasteiger partial charge in [-0.05, 0) is 77.0 Å². The lowest BCUT2D eigenvalue weighted by Gasteiger charge is -2.34. The molecule has 0 aliphatic carbocycles. The Hall–Kier alpha value is -3.23. The third-order valence-corrected chi connectivity index (χ3v) is 9.08. The average Bonchev–Trinajstić information content (AvgIpc) is 3.14. The fourth-order valence-corrected chi connectivity index (χ4v) is 5.75. The van der Waals surface area contributed by atoms with E-state index in [-0.39, 0.29) is 42.7 Å². The van der Waals surface area contributed by atoms with E-state index in [1.807, 2.05) is 0 Å². The van der Waals surface area contributed by atoms with E-state index >= 15 is 0 Å². The average molecular weight is 770 g/mol. The third-order valence-electron chi connectivity index (χ3n) is 9.08. The van der Waals surface area contributed by atoms with Crippen LogP contribution < -0.4 is 5.11 Å². The predicted octanol–water partition coefficient (Wildman–Crippen LogP) is 10.2. The second-order valence-electron chi connectivity index (χ2n) is 15.2. The van der Waals surface area contributed by atoms with Crippen molar-refractivity contribution in [2.24, 2.45) is 0 Å². The van der Waals surface area contributed by atoms with Gasteiger partial charge in [0.05, 0.1) is 40.3 Å². The summed E-state index contributed by atoms with van der Waals surface area (Å²) in [5, 5.41) is 11.6. The van der Waals surface area contributed by atoms with Crippen LogP contribution >= 0.6 is 0 Å². The van der Waals surface area contributed by atoms with Crippen LogP contribution in [0.2, 0.25) is 0 Å². The molecule has 0 aromatic heterocycles. The van der Waals surface area contributed by atoms with Gasteiger partial charge in [0.25, 0.3) is 0 Å². The van der Waals surface area contributed by atoms with E-state index in [1.54, 1.807) is 21.1 Å². The number of hydrogen-bond acceptors (Lipinski definition) is 7. The molecule has 8 heteroatoms. The molecular formula is C47H79NO7. The van der Waals surface area contributed by atoms with Gasteiger partial charge in [-0.2, -0.15) is 0 Å². The number of allylic oxidation sites excluding steroid dienone is 12. The minimum Gasteiger partial charge on any atom is -0.544 e. The van der Waals surface area contributed by atoms with Crippen molar-refractivity contribution in [3.05, 3.63) is 72.9 Å². The maximum Gasteiger partial charge on any atom is 0.306 e. The van der Waals surface area contributed by atoms with Crippen LogP contribution in [0.3, 0.4) is 0 Å². The number of nitrogens with zero attached hydrogens (tertiary/aromatic N) is 1. The molecule has 0 rings (SSSR count). The van der Waals surface area contributed by atoms with Gasteiger partial charge in [0.15, 0.2) is 6.10 Å². The number of aliphatic carboxylic acids is 1. The van der Waals surface area contributed by atoms with Gasteiger partial charge >= 0.3 is 11.9 Å². The van der Waals surface area contributed by atoms with Crippen LogP contribution in [0.5, 0.6) is 0 Å². The fraction of sp³-hybridized carbons (Fsp3) is 0.681. The number of carboxylic acid groups (broad SMARTS) is 1. The van der Waals surface area contributed by atoms with Gasteiger partial charge in [-0.15, -0.1) is 0 Å². The van der Waals surface area contributed by atoms with Crippen molar-refractivity contribution in [1.29, 1.82) is 0 Å². The normalized spacial score (nSPS) is 13.7. The zero-order valence-corrected chi connectivity index (χ0v) is 35.6. The van der Waals surface area contributed by atoms with Gasteiger partial charge in [-0.1, -0.05) is 132 Å². The topological polar surface area (TPSA) is 102 Å². The van der Waals surface area contributed by atoms with E-state index in [4.69, 9.17) is 14.2 Å². The smallest absolute Gasteiger partial charge is 0.306 e. The van der Waals surface area contributed by atoms with E-state index < -0.39 is 18.1 Å². The van der Waals surface area contributed by atoms with Crippen LogP contribution in [-0.2, 0) is 28.6 Å². The maximum absolute atomic E-state index is 12.7. The highest BCUT2D eigenvalue weighted by atomic mass is 16.6. The Morgan fingerprint density at radius 2 is 1.04 bits per heavy atom. The zero-order valence-electron chi connectivity index (χ0n) is 35.6. The minimum atomic E-state index is -1.13. The van der Waals surface area contributed by atoms with Crippen LogP contribution in [0.25, 0.3) is 0 Å². The van der Waals surface area contributed by atoms with E-state index in [0.29, 0.717) is 19.3 Å². The SMILES string of the molecule is CC/C=C/C/C=C/C/C=C/C/C=C/C/C=C/CCCCCCCCC(=O)OC(COCCC(C(=O)[O-])[N+](C)(C)C)COC(=O)CCC/C=C/CCCCCC. The van der Waals surface area contributed by atoms with Crippen molar-refractivity contribution in [3.63, 3.8) is 0 Å². The molecule has 2 unspecified atom stereocenters. The van der Waals surface area contributed by atoms with Gasteiger partial charge in [-0.3, -0.25) is 9.59 Å². The number of rotatable bonds is 37. The number of carbonyl (C=O) groups is 3. The first-order valence-electron chi connectivity index (χ1n) is 21.5. The summed E-state index contributed by atoms with van der Waals surface area (Å²) in [6.07, 6.45) is 46.5. The highest BCUT2D eigenvalue weighted by Gasteiger charge is 2.25. The van der Waals surface area contributed by atoms with Gasteiger partial charge in [-0.25, -0.2) is 0 Å². The molecule has 2 atom stereocenters. The second-order valence-corrected chi connectivity index (χ2v) is 15.2. The molecule has 8 nitrogen and oxygen atoms in total. The summed E-state index contributed by atoms with van der Waals surface area (Å²) in [4.78, 5) is 36.7. The highest BCUT2D eigenvalue weighted by molar-refractivity contribution is 5.70. The molecular weight excluding hydrogens is 691 g/mol. The monoisotopic (exact) mass is 770 g/mol. The third kappa shape index (κ3) is 36.2. The van der Waals surface area contributed by atoms with Crippen molar-refractivity contribution >= 4 is 17.9 Å². The van der Waals surface area contributed by atoms with Crippen molar-refractivity contribution in [2.75, 3.05) is 41.0 Å². The number of likely N-dealkylation sites (N-methyl/N-ethyl adjacent to an activating group) is 1. The van der Waals surface area contributed by atoms with Crippen LogP contribution in [0, 0.1) is 0 Å². The molecule has 0 aromatic rings. The Balaban J connectivity index is 4.35. The quantitative estimate of drug-likeness (QED) is 0.0268. The molecule has 0 N–H and O–H groups in total. The number of unbranched alkanes of at least 4 members (excludes halogenated alkanes) is 11. The molecule has 314 valence electrons. The van der Waals surface area contributed by atoms with Gasteiger partial charge in [0.2, 0.25) is 0 Å². The Morgan fingerprint density at radius 3 is 1.58 bits per heavy atom.